The summed E-state index contributed by atoms with van der Waals surface area (Å²) >= 11 is 0. The zero-order valence-electron chi connectivity index (χ0n) is 19.0. The Labute approximate surface area is 195 Å². The molecule has 1 N–H and O–H groups in total. The Morgan fingerprint density at radius 2 is 1.35 bits per heavy atom. The highest BCUT2D eigenvalue weighted by Gasteiger charge is 2.71. The standard InChI is InChI=1S/C26H28F6O2/c1-16(2)23(33)19-9-6-10-21(22(15-19)17-7-4-3-5-8-17)18-11-13-20(14-12-18)24(34,25(27,28)29)26(30,31)32/h3-5,7-8,11-14,16,19,21-22,34H,6,9-10,15H2,1-2H3/t19?,21-,22+/m0/s1. The second-order valence-corrected chi connectivity index (χ2v) is 9.37. The zero-order valence-corrected chi connectivity index (χ0v) is 19.0. The van der Waals surface area contributed by atoms with Crippen LogP contribution >= 0.6 is 0 Å². The Balaban J connectivity index is 2.00. The van der Waals surface area contributed by atoms with Gasteiger partial charge in [0.2, 0.25) is 0 Å². The van der Waals surface area contributed by atoms with Crippen molar-refractivity contribution in [3.8, 4) is 0 Å². The molecular formula is C26H28F6O2. The van der Waals surface area contributed by atoms with Gasteiger partial charge in [-0.1, -0.05) is 74.9 Å². The van der Waals surface area contributed by atoms with E-state index in [1.54, 1.807) is 0 Å². The molecular weight excluding hydrogens is 458 g/mol. The largest absolute Gasteiger partial charge is 0.430 e. The molecule has 3 rings (SSSR count). The number of halogens is 6. The summed E-state index contributed by atoms with van der Waals surface area (Å²) in [6.45, 7) is 3.70. The molecule has 1 saturated carbocycles. The number of benzene rings is 2. The molecule has 2 aromatic carbocycles. The van der Waals surface area contributed by atoms with Crippen molar-refractivity contribution in [3.05, 3.63) is 71.3 Å². The first-order valence-corrected chi connectivity index (χ1v) is 11.3. The number of hydrogen-bond donors (Lipinski definition) is 1. The molecule has 0 aliphatic heterocycles. The molecule has 1 unspecified atom stereocenters. The molecule has 3 atom stereocenters. The molecule has 0 heterocycles. The summed E-state index contributed by atoms with van der Waals surface area (Å²) in [6.07, 6.45) is -9.24. The van der Waals surface area contributed by atoms with Gasteiger partial charge < -0.3 is 5.11 Å². The second-order valence-electron chi connectivity index (χ2n) is 9.37. The lowest BCUT2D eigenvalue weighted by Crippen LogP contribution is -2.53. The normalized spacial score (nSPS) is 22.5. The van der Waals surface area contributed by atoms with E-state index in [0.29, 0.717) is 43.4 Å². The molecule has 0 aromatic heterocycles. The van der Waals surface area contributed by atoms with Crippen LogP contribution in [0.3, 0.4) is 0 Å². The average molecular weight is 486 g/mol. The molecule has 0 amide bonds. The Morgan fingerprint density at radius 1 is 0.824 bits per heavy atom. The van der Waals surface area contributed by atoms with E-state index < -0.39 is 23.5 Å². The number of alkyl halides is 6. The molecule has 1 fully saturated rings. The van der Waals surface area contributed by atoms with Crippen molar-refractivity contribution >= 4 is 5.78 Å². The lowest BCUT2D eigenvalue weighted by molar-refractivity contribution is -0.376. The van der Waals surface area contributed by atoms with E-state index in [0.717, 1.165) is 5.56 Å². The van der Waals surface area contributed by atoms with E-state index in [1.165, 1.54) is 12.1 Å². The molecule has 0 saturated heterocycles. The van der Waals surface area contributed by atoms with Crippen LogP contribution in [0.15, 0.2) is 54.6 Å². The van der Waals surface area contributed by atoms with E-state index >= 15 is 0 Å². The van der Waals surface area contributed by atoms with Gasteiger partial charge >= 0.3 is 12.4 Å². The fraction of sp³-hybridized carbons (Fsp3) is 0.500. The number of hydrogen-bond acceptors (Lipinski definition) is 2. The van der Waals surface area contributed by atoms with Crippen LogP contribution in [0.5, 0.6) is 0 Å². The van der Waals surface area contributed by atoms with Crippen LogP contribution in [0, 0.1) is 11.8 Å². The summed E-state index contributed by atoms with van der Waals surface area (Å²) in [5.41, 5.74) is -4.66. The smallest absolute Gasteiger partial charge is 0.369 e. The molecule has 8 heteroatoms. The summed E-state index contributed by atoms with van der Waals surface area (Å²) < 4.78 is 79.6. The Bertz CT molecular complexity index is 950. The second kappa shape index (κ2) is 9.72. The van der Waals surface area contributed by atoms with Crippen LogP contribution in [0.25, 0.3) is 0 Å². The topological polar surface area (TPSA) is 37.3 Å². The van der Waals surface area contributed by atoms with Crippen molar-refractivity contribution in [2.75, 3.05) is 0 Å². The van der Waals surface area contributed by atoms with E-state index in [2.05, 4.69) is 0 Å². The van der Waals surface area contributed by atoms with E-state index in [-0.39, 0.29) is 29.5 Å². The SMILES string of the molecule is CC(C)C(=O)C1CCC[C@@H](c2ccc(C(O)(C(F)(F)F)C(F)(F)F)cc2)[C@@H](c2ccccc2)C1. The van der Waals surface area contributed by atoms with Crippen LogP contribution < -0.4 is 0 Å². The van der Waals surface area contributed by atoms with Crippen LogP contribution in [0.2, 0.25) is 0 Å². The van der Waals surface area contributed by atoms with Gasteiger partial charge in [-0.2, -0.15) is 26.3 Å². The molecule has 1 aliphatic carbocycles. The minimum atomic E-state index is -5.92. The van der Waals surface area contributed by atoms with Crippen LogP contribution in [-0.2, 0) is 10.4 Å². The number of ketones is 1. The van der Waals surface area contributed by atoms with Crippen molar-refractivity contribution in [2.24, 2.45) is 11.8 Å². The van der Waals surface area contributed by atoms with Gasteiger partial charge in [-0.25, -0.2) is 0 Å². The van der Waals surface area contributed by atoms with Crippen LogP contribution in [0.1, 0.15) is 68.1 Å². The maximum absolute atomic E-state index is 13.3. The number of rotatable bonds is 5. The van der Waals surface area contributed by atoms with Crippen LogP contribution in [0.4, 0.5) is 26.3 Å². The predicted molar refractivity (Wildman–Crippen MR) is 116 cm³/mol. The molecule has 2 nitrogen and oxygen atoms in total. The van der Waals surface area contributed by atoms with Crippen molar-refractivity contribution < 1.29 is 36.2 Å². The van der Waals surface area contributed by atoms with Crippen molar-refractivity contribution in [3.63, 3.8) is 0 Å². The third-order valence-electron chi connectivity index (χ3n) is 6.87. The molecule has 186 valence electrons. The molecule has 0 bridgehead atoms. The minimum absolute atomic E-state index is 0.119. The summed E-state index contributed by atoms with van der Waals surface area (Å²) in [4.78, 5) is 12.8. The van der Waals surface area contributed by atoms with Crippen LogP contribution in [-0.4, -0.2) is 23.2 Å². The summed E-state index contributed by atoms with van der Waals surface area (Å²) in [7, 11) is 0. The molecule has 0 radical (unpaired) electrons. The van der Waals surface area contributed by atoms with Crippen molar-refractivity contribution in [2.45, 2.75) is 69.3 Å². The fourth-order valence-electron chi connectivity index (χ4n) is 5.03. The minimum Gasteiger partial charge on any atom is -0.369 e. The monoisotopic (exact) mass is 486 g/mol. The van der Waals surface area contributed by atoms with Gasteiger partial charge in [0, 0.05) is 17.4 Å². The van der Waals surface area contributed by atoms with Gasteiger partial charge in [0.15, 0.2) is 0 Å². The first kappa shape index (κ1) is 26.3. The number of carbonyl (C=O) groups excluding carboxylic acids is 1. The number of carbonyl (C=O) groups is 1. The van der Waals surface area contributed by atoms with Crippen molar-refractivity contribution in [1.82, 2.24) is 0 Å². The van der Waals surface area contributed by atoms with Gasteiger partial charge in [0.1, 0.15) is 5.78 Å². The van der Waals surface area contributed by atoms with Gasteiger partial charge in [0.05, 0.1) is 0 Å². The summed E-state index contributed by atoms with van der Waals surface area (Å²) in [5, 5.41) is 9.69. The molecule has 34 heavy (non-hydrogen) atoms. The van der Waals surface area contributed by atoms with Gasteiger partial charge in [-0.3, -0.25) is 4.79 Å². The highest BCUT2D eigenvalue weighted by atomic mass is 19.4. The Kier molecular flexibility index (Phi) is 7.51. The third kappa shape index (κ3) is 5.02. The highest BCUT2D eigenvalue weighted by molar-refractivity contribution is 5.82. The van der Waals surface area contributed by atoms with Crippen molar-refractivity contribution in [1.29, 1.82) is 0 Å². The quantitative estimate of drug-likeness (QED) is 0.356. The van der Waals surface area contributed by atoms with Gasteiger partial charge in [0.25, 0.3) is 5.60 Å². The average Bonchev–Trinajstić information content (AvgIpc) is 3.00. The van der Waals surface area contributed by atoms with E-state index in [4.69, 9.17) is 0 Å². The third-order valence-corrected chi connectivity index (χ3v) is 6.87. The summed E-state index contributed by atoms with van der Waals surface area (Å²) in [6, 6.07) is 13.3. The Morgan fingerprint density at radius 3 is 1.85 bits per heavy atom. The number of aliphatic hydroxyl groups is 1. The summed E-state index contributed by atoms with van der Waals surface area (Å²) in [5.74, 6) is -0.426. The lowest BCUT2D eigenvalue weighted by Gasteiger charge is -2.33. The van der Waals surface area contributed by atoms with Gasteiger partial charge in [-0.15, -0.1) is 0 Å². The Hall–Kier alpha value is -2.35. The van der Waals surface area contributed by atoms with E-state index in [9.17, 15) is 36.2 Å². The van der Waals surface area contributed by atoms with E-state index in [1.807, 2.05) is 44.2 Å². The molecule has 1 aliphatic rings. The number of Topliss-reactive ketones (excluding diaryl/α,β-unsaturated/α-hetero) is 1. The molecule has 0 spiro atoms. The predicted octanol–water partition coefficient (Wildman–Crippen LogP) is 7.28. The maximum Gasteiger partial charge on any atom is 0.430 e. The lowest BCUT2D eigenvalue weighted by atomic mass is 9.75. The highest BCUT2D eigenvalue weighted by Crippen LogP contribution is 2.51. The first-order valence-electron chi connectivity index (χ1n) is 11.3. The first-order chi connectivity index (χ1) is 15.8. The fourth-order valence-corrected chi connectivity index (χ4v) is 5.03. The maximum atomic E-state index is 13.3. The molecule has 2 aromatic rings. The zero-order chi connectivity index (χ0) is 25.3. The van der Waals surface area contributed by atoms with Gasteiger partial charge in [-0.05, 0) is 42.2 Å².